The van der Waals surface area contributed by atoms with Crippen molar-refractivity contribution in [2.45, 2.75) is 45.8 Å². The lowest BCUT2D eigenvalue weighted by Crippen LogP contribution is -2.44. The predicted molar refractivity (Wildman–Crippen MR) is 108 cm³/mol. The summed E-state index contributed by atoms with van der Waals surface area (Å²) in [6.07, 6.45) is 2.45. The molecule has 8 heteroatoms. The third-order valence-electron chi connectivity index (χ3n) is 5.34. The van der Waals surface area contributed by atoms with E-state index in [-0.39, 0.29) is 5.82 Å². The normalized spacial score (nSPS) is 17.9. The number of likely N-dealkylation sites (tertiary alicyclic amines) is 1. The standard InChI is InChI=1S/C20H30FN7/c1-4-28-11-5-6-18(28)13-23-20(22-12-16-7-9-17(21)10-8-16)24-14-19-26-25-15(2)27(19)3/h7-10,18H,4-6,11-14H2,1-3H3,(H2,22,23,24). The molecule has 1 aliphatic rings. The number of nitrogens with one attached hydrogen (secondary N) is 2. The van der Waals surface area contributed by atoms with E-state index in [1.807, 2.05) is 18.5 Å². The van der Waals surface area contributed by atoms with E-state index in [2.05, 4.69) is 37.6 Å². The van der Waals surface area contributed by atoms with Gasteiger partial charge in [-0.3, -0.25) is 4.90 Å². The molecular weight excluding hydrogens is 357 g/mol. The number of aliphatic imine (C=N–C) groups is 1. The third-order valence-corrected chi connectivity index (χ3v) is 5.34. The molecule has 1 aromatic carbocycles. The van der Waals surface area contributed by atoms with Gasteiger partial charge in [0.1, 0.15) is 11.6 Å². The summed E-state index contributed by atoms with van der Waals surface area (Å²) in [4.78, 5) is 7.18. The second kappa shape index (κ2) is 9.64. The van der Waals surface area contributed by atoms with Crippen LogP contribution in [-0.4, -0.2) is 51.3 Å². The second-order valence-corrected chi connectivity index (χ2v) is 7.17. The fraction of sp³-hybridized carbons (Fsp3) is 0.550. The molecule has 0 bridgehead atoms. The van der Waals surface area contributed by atoms with Gasteiger partial charge in [-0.05, 0) is 50.6 Å². The van der Waals surface area contributed by atoms with Crippen molar-refractivity contribution < 1.29 is 4.39 Å². The maximum Gasteiger partial charge on any atom is 0.192 e. The minimum atomic E-state index is -0.234. The van der Waals surface area contributed by atoms with Crippen LogP contribution in [0.5, 0.6) is 0 Å². The van der Waals surface area contributed by atoms with Gasteiger partial charge in [0.25, 0.3) is 0 Å². The van der Waals surface area contributed by atoms with Gasteiger partial charge in [-0.25, -0.2) is 9.38 Å². The zero-order valence-electron chi connectivity index (χ0n) is 17.0. The lowest BCUT2D eigenvalue weighted by Gasteiger charge is -2.24. The van der Waals surface area contributed by atoms with E-state index in [0.29, 0.717) is 19.1 Å². The number of rotatable bonds is 7. The molecule has 3 rings (SSSR count). The Morgan fingerprint density at radius 2 is 2.04 bits per heavy atom. The van der Waals surface area contributed by atoms with E-state index < -0.39 is 0 Å². The Bertz CT molecular complexity index is 784. The van der Waals surface area contributed by atoms with Crippen LogP contribution < -0.4 is 10.6 Å². The number of aromatic nitrogens is 3. The van der Waals surface area contributed by atoms with Crippen LogP contribution in [0.1, 0.15) is 37.0 Å². The predicted octanol–water partition coefficient (Wildman–Crippen LogP) is 1.98. The van der Waals surface area contributed by atoms with Crippen LogP contribution >= 0.6 is 0 Å². The molecule has 1 aliphatic heterocycles. The van der Waals surface area contributed by atoms with Crippen LogP contribution in [0.4, 0.5) is 4.39 Å². The summed E-state index contributed by atoms with van der Waals surface area (Å²) in [5.74, 6) is 2.22. The molecule has 1 aromatic heterocycles. The number of hydrogen-bond donors (Lipinski definition) is 2. The Balaban J connectivity index is 1.64. The maximum absolute atomic E-state index is 13.1. The Hall–Kier alpha value is -2.48. The van der Waals surface area contributed by atoms with Gasteiger partial charge in [0, 0.05) is 19.6 Å². The molecule has 0 spiro atoms. The maximum atomic E-state index is 13.1. The Morgan fingerprint density at radius 3 is 2.71 bits per heavy atom. The summed E-state index contributed by atoms with van der Waals surface area (Å²) < 4.78 is 15.1. The van der Waals surface area contributed by atoms with E-state index >= 15 is 0 Å². The van der Waals surface area contributed by atoms with Crippen molar-refractivity contribution >= 4 is 5.96 Å². The number of guanidine groups is 1. The van der Waals surface area contributed by atoms with Crippen LogP contribution in [0, 0.1) is 12.7 Å². The number of aryl methyl sites for hydroxylation is 1. The van der Waals surface area contributed by atoms with Crippen molar-refractivity contribution in [1.82, 2.24) is 30.3 Å². The molecule has 0 radical (unpaired) electrons. The number of halogens is 1. The average molecular weight is 388 g/mol. The summed E-state index contributed by atoms with van der Waals surface area (Å²) in [5, 5.41) is 15.1. The SMILES string of the molecule is CCN1CCCC1CNC(=NCc1ccc(F)cc1)NCc1nnc(C)n1C. The highest BCUT2D eigenvalue weighted by molar-refractivity contribution is 5.79. The molecule has 1 atom stereocenters. The zero-order valence-corrected chi connectivity index (χ0v) is 17.0. The highest BCUT2D eigenvalue weighted by Crippen LogP contribution is 2.15. The summed E-state index contributed by atoms with van der Waals surface area (Å²) in [6, 6.07) is 6.98. The van der Waals surface area contributed by atoms with Crippen molar-refractivity contribution in [2.75, 3.05) is 19.6 Å². The van der Waals surface area contributed by atoms with Crippen molar-refractivity contribution in [2.24, 2.45) is 12.0 Å². The van der Waals surface area contributed by atoms with E-state index in [9.17, 15) is 4.39 Å². The van der Waals surface area contributed by atoms with Gasteiger partial charge < -0.3 is 15.2 Å². The number of benzene rings is 1. The molecule has 152 valence electrons. The van der Waals surface area contributed by atoms with Crippen LogP contribution in [0.3, 0.4) is 0 Å². The third kappa shape index (κ3) is 5.28. The number of hydrogen-bond acceptors (Lipinski definition) is 4. The molecule has 7 nitrogen and oxygen atoms in total. The molecule has 28 heavy (non-hydrogen) atoms. The van der Waals surface area contributed by atoms with Gasteiger partial charge in [-0.1, -0.05) is 19.1 Å². The Morgan fingerprint density at radius 1 is 1.25 bits per heavy atom. The van der Waals surface area contributed by atoms with Crippen molar-refractivity contribution in [3.05, 3.63) is 47.3 Å². The first-order valence-corrected chi connectivity index (χ1v) is 9.92. The van der Waals surface area contributed by atoms with E-state index in [0.717, 1.165) is 42.8 Å². The van der Waals surface area contributed by atoms with Crippen molar-refractivity contribution in [3.63, 3.8) is 0 Å². The summed E-state index contributed by atoms with van der Waals surface area (Å²) in [6.45, 7) is 8.23. The smallest absolute Gasteiger partial charge is 0.192 e. The van der Waals surface area contributed by atoms with Gasteiger partial charge in [0.05, 0.1) is 13.1 Å². The van der Waals surface area contributed by atoms with Crippen molar-refractivity contribution in [3.8, 4) is 0 Å². The zero-order chi connectivity index (χ0) is 19.9. The molecule has 2 aromatic rings. The minimum Gasteiger partial charge on any atom is -0.355 e. The van der Waals surface area contributed by atoms with Crippen LogP contribution in [0.25, 0.3) is 0 Å². The van der Waals surface area contributed by atoms with E-state index in [1.54, 1.807) is 12.1 Å². The lowest BCUT2D eigenvalue weighted by molar-refractivity contribution is 0.267. The number of nitrogens with zero attached hydrogens (tertiary/aromatic N) is 5. The van der Waals surface area contributed by atoms with Crippen molar-refractivity contribution in [1.29, 1.82) is 0 Å². The van der Waals surface area contributed by atoms with E-state index in [1.165, 1.54) is 25.0 Å². The van der Waals surface area contributed by atoms with Gasteiger partial charge in [-0.2, -0.15) is 0 Å². The Labute approximate surface area is 166 Å². The summed E-state index contributed by atoms with van der Waals surface area (Å²) in [5.41, 5.74) is 0.966. The topological polar surface area (TPSA) is 70.4 Å². The van der Waals surface area contributed by atoms with Gasteiger partial charge in [-0.15, -0.1) is 10.2 Å². The molecule has 0 saturated carbocycles. The Kier molecular flexibility index (Phi) is 6.97. The monoisotopic (exact) mass is 387 g/mol. The van der Waals surface area contributed by atoms with Gasteiger partial charge in [0.2, 0.25) is 0 Å². The molecule has 1 saturated heterocycles. The molecule has 2 heterocycles. The molecule has 1 fully saturated rings. The summed E-state index contributed by atoms with van der Waals surface area (Å²) >= 11 is 0. The van der Waals surface area contributed by atoms with Gasteiger partial charge >= 0.3 is 0 Å². The average Bonchev–Trinajstić information content (AvgIpc) is 3.29. The van der Waals surface area contributed by atoms with Crippen LogP contribution in [-0.2, 0) is 20.1 Å². The molecule has 0 aliphatic carbocycles. The van der Waals surface area contributed by atoms with Crippen LogP contribution in [0.15, 0.2) is 29.3 Å². The quantitative estimate of drug-likeness (QED) is 0.562. The fourth-order valence-corrected chi connectivity index (χ4v) is 3.46. The fourth-order valence-electron chi connectivity index (χ4n) is 3.46. The lowest BCUT2D eigenvalue weighted by atomic mass is 10.2. The second-order valence-electron chi connectivity index (χ2n) is 7.17. The van der Waals surface area contributed by atoms with Crippen LogP contribution in [0.2, 0.25) is 0 Å². The minimum absolute atomic E-state index is 0.234. The molecule has 0 amide bonds. The number of likely N-dealkylation sites (N-methyl/N-ethyl adjacent to an activating group) is 1. The summed E-state index contributed by atoms with van der Waals surface area (Å²) in [7, 11) is 1.95. The highest BCUT2D eigenvalue weighted by atomic mass is 19.1. The molecule has 1 unspecified atom stereocenters. The largest absolute Gasteiger partial charge is 0.355 e. The first kappa shape index (κ1) is 20.3. The first-order chi connectivity index (χ1) is 13.6. The highest BCUT2D eigenvalue weighted by Gasteiger charge is 2.22. The van der Waals surface area contributed by atoms with Gasteiger partial charge in [0.15, 0.2) is 11.8 Å². The first-order valence-electron chi connectivity index (χ1n) is 9.92. The van der Waals surface area contributed by atoms with E-state index in [4.69, 9.17) is 0 Å². The molecule has 2 N–H and O–H groups in total. The molecular formula is C20H30FN7.